The number of nitrogens with zero attached hydrogens (tertiary/aromatic N) is 2. The first-order valence-corrected chi connectivity index (χ1v) is 7.15. The van der Waals surface area contributed by atoms with Gasteiger partial charge in [-0.3, -0.25) is 4.79 Å². The second kappa shape index (κ2) is 7.27. The second-order valence-electron chi connectivity index (χ2n) is 5.02. The molecular weight excluding hydrogens is 294 g/mol. The van der Waals surface area contributed by atoms with Gasteiger partial charge >= 0.3 is 5.97 Å². The predicted molar refractivity (Wildman–Crippen MR) is 86.0 cm³/mol. The Morgan fingerprint density at radius 2 is 2.17 bits per heavy atom. The number of esters is 1. The number of ether oxygens (including phenoxy) is 1. The summed E-state index contributed by atoms with van der Waals surface area (Å²) in [7, 11) is 0. The van der Waals surface area contributed by atoms with Crippen LogP contribution in [0.25, 0.3) is 17.0 Å². The zero-order valence-corrected chi connectivity index (χ0v) is 12.7. The monoisotopic (exact) mass is 311 g/mol. The molecule has 0 aliphatic carbocycles. The molecule has 1 atom stereocenters. The molecule has 0 saturated heterocycles. The van der Waals surface area contributed by atoms with Crippen molar-refractivity contribution in [2.24, 2.45) is 5.73 Å². The van der Waals surface area contributed by atoms with E-state index >= 15 is 0 Å². The number of carbonyl (C=O) groups excluding carboxylic acids is 2. The van der Waals surface area contributed by atoms with Gasteiger partial charge < -0.3 is 15.0 Å². The average Bonchev–Trinajstić information content (AvgIpc) is 2.89. The summed E-state index contributed by atoms with van der Waals surface area (Å²) < 4.78 is 6.83. The minimum Gasteiger partial charge on any atom is -0.449 e. The van der Waals surface area contributed by atoms with Gasteiger partial charge in [-0.15, -0.1) is 0 Å². The highest BCUT2D eigenvalue weighted by Crippen LogP contribution is 2.22. The topological polar surface area (TPSA) is 98.1 Å². The molecule has 6 nitrogen and oxygen atoms in total. The lowest BCUT2D eigenvalue weighted by Crippen LogP contribution is -2.29. The molecule has 1 aromatic carbocycles. The molecule has 23 heavy (non-hydrogen) atoms. The Balaban J connectivity index is 2.23. The van der Waals surface area contributed by atoms with Gasteiger partial charge in [-0.25, -0.2) is 4.79 Å². The van der Waals surface area contributed by atoms with Crippen LogP contribution in [0, 0.1) is 11.3 Å². The molecule has 1 aromatic heterocycles. The summed E-state index contributed by atoms with van der Waals surface area (Å²) >= 11 is 0. The van der Waals surface area contributed by atoms with Gasteiger partial charge in [0, 0.05) is 35.3 Å². The molecule has 0 bridgehead atoms. The Bertz CT molecular complexity index is 799. The first kappa shape index (κ1) is 16.3. The standard InChI is InChI=1S/C17H17N3O3/c1-12(17(19)22)23-16(21)8-7-13-11-20(10-4-9-18)15-6-3-2-5-14(13)15/h2-3,5-8,11-12H,4,10H2,1H3,(H2,19,22)/b8-7+/t12-/m0/s1. The van der Waals surface area contributed by atoms with Crippen molar-refractivity contribution in [3.63, 3.8) is 0 Å². The molecule has 1 amide bonds. The van der Waals surface area contributed by atoms with Crippen molar-refractivity contribution in [1.29, 1.82) is 5.26 Å². The van der Waals surface area contributed by atoms with Gasteiger partial charge in [-0.2, -0.15) is 5.26 Å². The fourth-order valence-corrected chi connectivity index (χ4v) is 2.19. The van der Waals surface area contributed by atoms with Crippen molar-refractivity contribution in [2.75, 3.05) is 0 Å². The summed E-state index contributed by atoms with van der Waals surface area (Å²) in [5, 5.41) is 9.70. The Morgan fingerprint density at radius 3 is 2.87 bits per heavy atom. The first-order valence-electron chi connectivity index (χ1n) is 7.15. The maximum Gasteiger partial charge on any atom is 0.331 e. The zero-order chi connectivity index (χ0) is 16.8. The van der Waals surface area contributed by atoms with Crippen LogP contribution in [0.2, 0.25) is 0 Å². The summed E-state index contributed by atoms with van der Waals surface area (Å²) in [4.78, 5) is 22.6. The van der Waals surface area contributed by atoms with Crippen molar-refractivity contribution in [1.82, 2.24) is 4.57 Å². The number of amides is 1. The summed E-state index contributed by atoms with van der Waals surface area (Å²) in [6.07, 6.45) is 4.20. The van der Waals surface area contributed by atoms with E-state index < -0.39 is 18.0 Å². The van der Waals surface area contributed by atoms with E-state index in [1.165, 1.54) is 13.0 Å². The van der Waals surface area contributed by atoms with E-state index in [-0.39, 0.29) is 0 Å². The summed E-state index contributed by atoms with van der Waals surface area (Å²) in [6, 6.07) is 9.83. The number of aromatic nitrogens is 1. The summed E-state index contributed by atoms with van der Waals surface area (Å²) in [5.41, 5.74) is 6.87. The van der Waals surface area contributed by atoms with Crippen LogP contribution in [0.4, 0.5) is 0 Å². The highest BCUT2D eigenvalue weighted by atomic mass is 16.5. The van der Waals surface area contributed by atoms with Gasteiger partial charge in [0.2, 0.25) is 0 Å². The lowest BCUT2D eigenvalue weighted by molar-refractivity contribution is -0.148. The average molecular weight is 311 g/mol. The Morgan fingerprint density at radius 1 is 1.43 bits per heavy atom. The van der Waals surface area contributed by atoms with Gasteiger partial charge in [-0.1, -0.05) is 18.2 Å². The summed E-state index contributed by atoms with van der Waals surface area (Å²) in [6.45, 7) is 2.00. The van der Waals surface area contributed by atoms with Crippen LogP contribution in [0.5, 0.6) is 0 Å². The maximum absolute atomic E-state index is 11.7. The molecule has 0 aliphatic heterocycles. The molecule has 2 aromatic rings. The molecule has 118 valence electrons. The first-order chi connectivity index (χ1) is 11.0. The quantitative estimate of drug-likeness (QED) is 0.651. The fraction of sp³-hybridized carbons (Fsp3) is 0.235. The maximum atomic E-state index is 11.7. The number of primary amides is 1. The lowest BCUT2D eigenvalue weighted by Gasteiger charge is -2.06. The zero-order valence-electron chi connectivity index (χ0n) is 12.7. The van der Waals surface area contributed by atoms with E-state index in [9.17, 15) is 9.59 Å². The second-order valence-corrected chi connectivity index (χ2v) is 5.02. The third-order valence-corrected chi connectivity index (χ3v) is 3.38. The van der Waals surface area contributed by atoms with E-state index in [2.05, 4.69) is 6.07 Å². The molecule has 0 fully saturated rings. The Kier molecular flexibility index (Phi) is 5.15. The number of aryl methyl sites for hydroxylation is 1. The normalized spacial score (nSPS) is 12.2. The van der Waals surface area contributed by atoms with Crippen LogP contribution >= 0.6 is 0 Å². The molecule has 0 spiro atoms. The molecule has 1 heterocycles. The van der Waals surface area contributed by atoms with E-state index in [0.717, 1.165) is 16.5 Å². The highest BCUT2D eigenvalue weighted by molar-refractivity contribution is 5.95. The van der Waals surface area contributed by atoms with Crippen LogP contribution < -0.4 is 5.73 Å². The van der Waals surface area contributed by atoms with Gasteiger partial charge in [0.05, 0.1) is 12.5 Å². The van der Waals surface area contributed by atoms with Gasteiger partial charge in [-0.05, 0) is 19.1 Å². The third kappa shape index (κ3) is 3.98. The van der Waals surface area contributed by atoms with Crippen molar-refractivity contribution < 1.29 is 14.3 Å². The predicted octanol–water partition coefficient (Wildman–Crippen LogP) is 1.99. The minimum absolute atomic E-state index is 0.403. The number of benzene rings is 1. The van der Waals surface area contributed by atoms with Crippen LogP contribution in [0.3, 0.4) is 0 Å². The van der Waals surface area contributed by atoms with Gasteiger partial charge in [0.25, 0.3) is 5.91 Å². The SMILES string of the molecule is C[C@H](OC(=O)/C=C/c1cn(CCC#N)c2ccccc12)C(N)=O. The molecule has 0 aliphatic rings. The van der Waals surface area contributed by atoms with Crippen molar-refractivity contribution in [3.05, 3.63) is 42.1 Å². The Hall–Kier alpha value is -3.07. The van der Waals surface area contributed by atoms with Crippen molar-refractivity contribution >= 4 is 28.9 Å². The fourth-order valence-electron chi connectivity index (χ4n) is 2.19. The van der Waals surface area contributed by atoms with Crippen molar-refractivity contribution in [2.45, 2.75) is 26.0 Å². The molecule has 6 heteroatoms. The van der Waals surface area contributed by atoms with E-state index in [1.54, 1.807) is 6.08 Å². The van der Waals surface area contributed by atoms with Crippen LogP contribution in [-0.2, 0) is 20.9 Å². The number of carbonyl (C=O) groups is 2. The molecular formula is C17H17N3O3. The number of nitriles is 1. The third-order valence-electron chi connectivity index (χ3n) is 3.38. The van der Waals surface area contributed by atoms with E-state index in [0.29, 0.717) is 13.0 Å². The van der Waals surface area contributed by atoms with Gasteiger partial charge in [0.15, 0.2) is 6.10 Å². The van der Waals surface area contributed by atoms with Crippen LogP contribution in [0.15, 0.2) is 36.5 Å². The minimum atomic E-state index is -0.968. The smallest absolute Gasteiger partial charge is 0.331 e. The van der Waals surface area contributed by atoms with Crippen molar-refractivity contribution in [3.8, 4) is 6.07 Å². The molecule has 2 N–H and O–H groups in total. The number of nitrogens with two attached hydrogens (primary N) is 1. The number of hydrogen-bond donors (Lipinski definition) is 1. The van der Waals surface area contributed by atoms with Gasteiger partial charge in [0.1, 0.15) is 0 Å². The molecule has 2 rings (SSSR count). The van der Waals surface area contributed by atoms with E-state index in [4.69, 9.17) is 15.7 Å². The highest BCUT2D eigenvalue weighted by Gasteiger charge is 2.12. The van der Waals surface area contributed by atoms with Crippen LogP contribution in [0.1, 0.15) is 18.9 Å². The molecule has 0 radical (unpaired) electrons. The Labute approximate surface area is 133 Å². The van der Waals surface area contributed by atoms with E-state index in [1.807, 2.05) is 35.0 Å². The largest absolute Gasteiger partial charge is 0.449 e. The number of rotatable bonds is 6. The molecule has 0 unspecified atom stereocenters. The lowest BCUT2D eigenvalue weighted by atomic mass is 10.1. The number of hydrogen-bond acceptors (Lipinski definition) is 4. The number of para-hydroxylation sites is 1. The molecule has 0 saturated carbocycles. The van der Waals surface area contributed by atoms with Crippen LogP contribution in [-0.4, -0.2) is 22.5 Å². The summed E-state index contributed by atoms with van der Waals surface area (Å²) in [5.74, 6) is -1.33. The number of fused-ring (bicyclic) bond motifs is 1.